The molecule has 0 saturated heterocycles. The van der Waals surface area contributed by atoms with Crippen LogP contribution in [-0.2, 0) is 0 Å². The van der Waals surface area contributed by atoms with Crippen molar-refractivity contribution in [1.82, 2.24) is 15.0 Å². The van der Waals surface area contributed by atoms with E-state index in [0.717, 1.165) is 11.0 Å². The van der Waals surface area contributed by atoms with Gasteiger partial charge in [-0.15, -0.1) is 11.3 Å². The fraction of sp³-hybridized carbons (Fsp3) is 0.267. The highest BCUT2D eigenvalue weighted by Crippen LogP contribution is 2.39. The Morgan fingerprint density at radius 2 is 2.18 bits per heavy atom. The molecule has 112 valence electrons. The molecule has 0 unspecified atom stereocenters. The molecule has 1 fully saturated rings. The number of nitrogens with zero attached hydrogens (tertiary/aromatic N) is 2. The van der Waals surface area contributed by atoms with E-state index in [4.69, 9.17) is 0 Å². The molecule has 2 aromatic heterocycles. The van der Waals surface area contributed by atoms with Gasteiger partial charge >= 0.3 is 6.03 Å². The Kier molecular flexibility index (Phi) is 3.27. The maximum Gasteiger partial charge on any atom is 0.325 e. The van der Waals surface area contributed by atoms with Crippen molar-refractivity contribution in [3.8, 4) is 0 Å². The molecule has 1 aliphatic carbocycles. The molecule has 3 aromatic rings. The maximum absolute atomic E-state index is 12.0. The number of rotatable bonds is 3. The van der Waals surface area contributed by atoms with E-state index in [1.54, 1.807) is 17.7 Å². The summed E-state index contributed by atoms with van der Waals surface area (Å²) in [5, 5.41) is 6.24. The van der Waals surface area contributed by atoms with Gasteiger partial charge in [0.2, 0.25) is 0 Å². The van der Waals surface area contributed by atoms with E-state index in [9.17, 15) is 4.79 Å². The van der Waals surface area contributed by atoms with Gasteiger partial charge in [0.25, 0.3) is 0 Å². The minimum Gasteiger partial charge on any atom is -0.345 e. The van der Waals surface area contributed by atoms with Crippen LogP contribution in [0, 0.1) is 0 Å². The average molecular weight is 313 g/mol. The van der Waals surface area contributed by atoms with Gasteiger partial charge in [0.1, 0.15) is 0 Å². The van der Waals surface area contributed by atoms with Crippen molar-refractivity contribution in [2.45, 2.75) is 25.2 Å². The van der Waals surface area contributed by atoms with E-state index in [-0.39, 0.29) is 6.03 Å². The highest BCUT2D eigenvalue weighted by Gasteiger charge is 2.22. The minimum absolute atomic E-state index is 0.284. The summed E-state index contributed by atoms with van der Waals surface area (Å²) in [5.74, 6) is 0.638. The van der Waals surface area contributed by atoms with Gasteiger partial charge in [-0.1, -0.05) is 6.42 Å². The number of thiazole rings is 1. The highest BCUT2D eigenvalue weighted by molar-refractivity contribution is 7.15. The first-order chi connectivity index (χ1) is 10.8. The minimum atomic E-state index is -0.284. The van der Waals surface area contributed by atoms with Gasteiger partial charge < -0.3 is 10.3 Å². The SMILES string of the molecule is O=C(Nc1ccc2nc[nH]c2c1)Nc1ncc(C2CCC2)s1. The fourth-order valence-corrected chi connectivity index (χ4v) is 3.48. The lowest BCUT2D eigenvalue weighted by Crippen LogP contribution is -2.19. The second-order valence-electron chi connectivity index (χ2n) is 5.41. The number of anilines is 2. The average Bonchev–Trinajstić information content (AvgIpc) is 3.05. The van der Waals surface area contributed by atoms with E-state index in [2.05, 4.69) is 25.6 Å². The van der Waals surface area contributed by atoms with Crippen LogP contribution >= 0.6 is 11.3 Å². The smallest absolute Gasteiger partial charge is 0.325 e. The topological polar surface area (TPSA) is 82.7 Å². The molecule has 0 atom stereocenters. The molecule has 0 radical (unpaired) electrons. The van der Waals surface area contributed by atoms with E-state index in [0.29, 0.717) is 16.7 Å². The quantitative estimate of drug-likeness (QED) is 0.685. The zero-order valence-corrected chi connectivity index (χ0v) is 12.6. The summed E-state index contributed by atoms with van der Waals surface area (Å²) in [5.41, 5.74) is 2.47. The third kappa shape index (κ3) is 2.55. The molecular weight excluding hydrogens is 298 g/mol. The van der Waals surface area contributed by atoms with Crippen LogP contribution in [-0.4, -0.2) is 21.0 Å². The van der Waals surface area contributed by atoms with Crippen molar-refractivity contribution in [3.63, 3.8) is 0 Å². The van der Waals surface area contributed by atoms with Crippen molar-refractivity contribution in [2.24, 2.45) is 0 Å². The summed E-state index contributed by atoms with van der Waals surface area (Å²) in [7, 11) is 0. The number of benzene rings is 1. The number of H-pyrrole nitrogens is 1. The zero-order valence-electron chi connectivity index (χ0n) is 11.8. The van der Waals surface area contributed by atoms with Crippen LogP contribution in [0.15, 0.2) is 30.7 Å². The van der Waals surface area contributed by atoms with Gasteiger partial charge in [0.05, 0.1) is 17.4 Å². The first-order valence-electron chi connectivity index (χ1n) is 7.25. The first-order valence-corrected chi connectivity index (χ1v) is 8.06. The lowest BCUT2D eigenvalue weighted by molar-refractivity contribution is 0.262. The molecule has 7 heteroatoms. The van der Waals surface area contributed by atoms with E-state index in [1.807, 2.05) is 24.4 Å². The lowest BCUT2D eigenvalue weighted by atomic mass is 9.85. The molecule has 6 nitrogen and oxygen atoms in total. The molecule has 4 rings (SSSR count). The first kappa shape index (κ1) is 13.3. The number of amides is 2. The molecular formula is C15H15N5OS. The molecule has 0 aliphatic heterocycles. The molecule has 2 heterocycles. The Morgan fingerprint density at radius 3 is 3.00 bits per heavy atom. The highest BCUT2D eigenvalue weighted by atomic mass is 32.1. The number of hydrogen-bond acceptors (Lipinski definition) is 4. The summed E-state index contributed by atoms with van der Waals surface area (Å²) >= 11 is 1.56. The number of aromatic amines is 1. The van der Waals surface area contributed by atoms with Crippen LogP contribution in [0.4, 0.5) is 15.6 Å². The van der Waals surface area contributed by atoms with Crippen molar-refractivity contribution in [2.75, 3.05) is 10.6 Å². The number of carbonyl (C=O) groups excluding carboxylic acids is 1. The maximum atomic E-state index is 12.0. The molecule has 3 N–H and O–H groups in total. The van der Waals surface area contributed by atoms with Gasteiger partial charge in [-0.25, -0.2) is 14.8 Å². The molecule has 1 aliphatic rings. The van der Waals surface area contributed by atoms with Gasteiger partial charge in [-0.3, -0.25) is 5.32 Å². The van der Waals surface area contributed by atoms with Crippen LogP contribution in [0.3, 0.4) is 0 Å². The van der Waals surface area contributed by atoms with Crippen LogP contribution in [0.25, 0.3) is 11.0 Å². The molecule has 2 amide bonds. The Balaban J connectivity index is 1.42. The Morgan fingerprint density at radius 1 is 1.27 bits per heavy atom. The van der Waals surface area contributed by atoms with E-state index in [1.165, 1.54) is 24.1 Å². The fourth-order valence-electron chi connectivity index (χ4n) is 2.50. The van der Waals surface area contributed by atoms with Crippen molar-refractivity contribution in [1.29, 1.82) is 0 Å². The van der Waals surface area contributed by atoms with Crippen LogP contribution in [0.5, 0.6) is 0 Å². The van der Waals surface area contributed by atoms with Crippen molar-refractivity contribution < 1.29 is 4.79 Å². The predicted molar refractivity (Wildman–Crippen MR) is 87.4 cm³/mol. The Labute approximate surface area is 131 Å². The number of nitrogens with one attached hydrogen (secondary N) is 3. The Hall–Kier alpha value is -2.41. The molecule has 1 saturated carbocycles. The number of fused-ring (bicyclic) bond motifs is 1. The third-order valence-electron chi connectivity index (χ3n) is 3.93. The van der Waals surface area contributed by atoms with Crippen LogP contribution in [0.2, 0.25) is 0 Å². The molecule has 0 bridgehead atoms. The number of aromatic nitrogens is 3. The Bertz CT molecular complexity index is 820. The molecule has 0 spiro atoms. The summed E-state index contributed by atoms with van der Waals surface area (Å²) in [6, 6.07) is 5.25. The number of hydrogen-bond donors (Lipinski definition) is 3. The second kappa shape index (κ2) is 5.42. The number of urea groups is 1. The van der Waals surface area contributed by atoms with E-state index >= 15 is 0 Å². The standard InChI is InChI=1S/C15H15N5OS/c21-14(19-10-4-5-11-12(6-10)18-8-17-11)20-15-16-7-13(22-15)9-2-1-3-9/h4-9H,1-3H2,(H,17,18)(H2,16,19,20,21). The normalized spacial score (nSPS) is 14.7. The number of imidazole rings is 1. The largest absolute Gasteiger partial charge is 0.345 e. The summed E-state index contributed by atoms with van der Waals surface area (Å²) in [4.78, 5) is 24.7. The zero-order chi connectivity index (χ0) is 14.9. The molecule has 1 aromatic carbocycles. The van der Waals surface area contributed by atoms with Gasteiger partial charge in [-0.2, -0.15) is 0 Å². The monoisotopic (exact) mass is 313 g/mol. The van der Waals surface area contributed by atoms with Gasteiger partial charge in [0.15, 0.2) is 5.13 Å². The van der Waals surface area contributed by atoms with Crippen molar-refractivity contribution in [3.05, 3.63) is 35.6 Å². The summed E-state index contributed by atoms with van der Waals surface area (Å²) in [6.07, 6.45) is 7.27. The summed E-state index contributed by atoms with van der Waals surface area (Å²) < 4.78 is 0. The second-order valence-corrected chi connectivity index (χ2v) is 6.47. The van der Waals surface area contributed by atoms with Gasteiger partial charge in [0, 0.05) is 16.8 Å². The predicted octanol–water partition coefficient (Wildman–Crippen LogP) is 3.93. The number of carbonyl (C=O) groups is 1. The molecule has 22 heavy (non-hydrogen) atoms. The van der Waals surface area contributed by atoms with Crippen LogP contribution < -0.4 is 10.6 Å². The van der Waals surface area contributed by atoms with Crippen LogP contribution in [0.1, 0.15) is 30.1 Å². The lowest BCUT2D eigenvalue weighted by Gasteiger charge is -2.23. The van der Waals surface area contributed by atoms with E-state index < -0.39 is 0 Å². The van der Waals surface area contributed by atoms with Gasteiger partial charge in [-0.05, 0) is 37.0 Å². The third-order valence-corrected chi connectivity index (χ3v) is 5.00. The summed E-state index contributed by atoms with van der Waals surface area (Å²) in [6.45, 7) is 0. The van der Waals surface area contributed by atoms with Crippen molar-refractivity contribution >= 4 is 39.2 Å².